The maximum atomic E-state index is 11.7. The Morgan fingerprint density at radius 3 is 2.40 bits per heavy atom. The SMILES string of the molecule is C[C@H]1C(=O)O[C@@H]2C[C@H](C)[C@@H](O[Si](C)(C)C(C)(C)C)OC21. The van der Waals surface area contributed by atoms with E-state index in [1.807, 2.05) is 6.92 Å². The van der Waals surface area contributed by atoms with Gasteiger partial charge in [0.25, 0.3) is 0 Å². The number of esters is 1. The summed E-state index contributed by atoms with van der Waals surface area (Å²) in [6.07, 6.45) is 0.384. The smallest absolute Gasteiger partial charge is 0.311 e. The van der Waals surface area contributed by atoms with Gasteiger partial charge in [-0.05, 0) is 31.5 Å². The Morgan fingerprint density at radius 2 is 1.85 bits per heavy atom. The Labute approximate surface area is 123 Å². The van der Waals surface area contributed by atoms with Crippen LogP contribution < -0.4 is 0 Å². The molecule has 0 radical (unpaired) electrons. The zero-order valence-electron chi connectivity index (χ0n) is 13.7. The summed E-state index contributed by atoms with van der Waals surface area (Å²) in [4.78, 5) is 11.7. The zero-order chi connectivity index (χ0) is 15.3. The van der Waals surface area contributed by atoms with Gasteiger partial charge in [-0.1, -0.05) is 27.7 Å². The van der Waals surface area contributed by atoms with E-state index in [-0.39, 0.29) is 41.3 Å². The number of hydrogen-bond acceptors (Lipinski definition) is 4. The average Bonchev–Trinajstić information content (AvgIpc) is 2.54. The molecule has 2 saturated heterocycles. The van der Waals surface area contributed by atoms with Gasteiger partial charge in [-0.2, -0.15) is 0 Å². The molecule has 0 spiro atoms. The lowest BCUT2D eigenvalue weighted by atomic mass is 9.92. The molecule has 0 amide bonds. The Bertz CT molecular complexity index is 388. The fraction of sp³-hybridized carbons (Fsp3) is 0.933. The molecule has 0 aliphatic carbocycles. The van der Waals surface area contributed by atoms with Crippen LogP contribution in [-0.4, -0.2) is 32.8 Å². The first-order valence-corrected chi connectivity index (χ1v) is 10.5. The lowest BCUT2D eigenvalue weighted by Crippen LogP contribution is -2.51. The molecule has 2 heterocycles. The van der Waals surface area contributed by atoms with Gasteiger partial charge in [0.15, 0.2) is 14.6 Å². The van der Waals surface area contributed by atoms with Crippen molar-refractivity contribution in [3.63, 3.8) is 0 Å². The maximum absolute atomic E-state index is 11.7. The standard InChI is InChI=1S/C15H28O4Si/c1-9-8-11-12(10(2)13(16)17-11)18-14(9)19-20(6,7)15(3,4)5/h9-12,14H,8H2,1-7H3/t9-,10+,11+,12?,14+/m0/s1. The highest BCUT2D eigenvalue weighted by atomic mass is 28.4. The van der Waals surface area contributed by atoms with E-state index in [0.29, 0.717) is 0 Å². The summed E-state index contributed by atoms with van der Waals surface area (Å²) >= 11 is 0. The van der Waals surface area contributed by atoms with Crippen molar-refractivity contribution in [3.8, 4) is 0 Å². The highest BCUT2D eigenvalue weighted by molar-refractivity contribution is 6.74. The first-order chi connectivity index (χ1) is 9.03. The number of rotatable bonds is 2. The van der Waals surface area contributed by atoms with Crippen LogP contribution >= 0.6 is 0 Å². The molecule has 0 aromatic heterocycles. The average molecular weight is 300 g/mol. The summed E-state index contributed by atoms with van der Waals surface area (Å²) in [6, 6.07) is 0. The molecule has 4 nitrogen and oxygen atoms in total. The second-order valence-corrected chi connectivity index (χ2v) is 12.6. The normalized spacial score (nSPS) is 38.5. The molecule has 2 aliphatic rings. The molecule has 20 heavy (non-hydrogen) atoms. The Morgan fingerprint density at radius 1 is 1.25 bits per heavy atom. The number of ether oxygens (including phenoxy) is 2. The lowest BCUT2D eigenvalue weighted by molar-refractivity contribution is -0.207. The third-order valence-electron chi connectivity index (χ3n) is 5.08. The lowest BCUT2D eigenvalue weighted by Gasteiger charge is -2.44. The molecule has 116 valence electrons. The van der Waals surface area contributed by atoms with Crippen LogP contribution in [0.25, 0.3) is 0 Å². The van der Waals surface area contributed by atoms with Crippen LogP contribution in [0.2, 0.25) is 18.1 Å². The molecule has 2 fully saturated rings. The summed E-state index contributed by atoms with van der Waals surface area (Å²) < 4.78 is 17.9. The second-order valence-electron chi connectivity index (χ2n) is 7.82. The van der Waals surface area contributed by atoms with E-state index in [4.69, 9.17) is 13.9 Å². The van der Waals surface area contributed by atoms with Crippen molar-refractivity contribution in [2.45, 2.75) is 77.7 Å². The van der Waals surface area contributed by atoms with Gasteiger partial charge >= 0.3 is 5.97 Å². The van der Waals surface area contributed by atoms with Crippen LogP contribution in [0.15, 0.2) is 0 Å². The molecule has 5 heteroatoms. The highest BCUT2D eigenvalue weighted by Crippen LogP contribution is 2.42. The quantitative estimate of drug-likeness (QED) is 0.579. The molecule has 0 aromatic rings. The van der Waals surface area contributed by atoms with E-state index in [0.717, 1.165) is 6.42 Å². The molecule has 0 N–H and O–H groups in total. The monoisotopic (exact) mass is 300 g/mol. The van der Waals surface area contributed by atoms with E-state index in [9.17, 15) is 4.79 Å². The highest BCUT2D eigenvalue weighted by Gasteiger charge is 2.50. The van der Waals surface area contributed by atoms with Crippen molar-refractivity contribution in [1.29, 1.82) is 0 Å². The van der Waals surface area contributed by atoms with Crippen molar-refractivity contribution >= 4 is 14.3 Å². The van der Waals surface area contributed by atoms with Crippen molar-refractivity contribution in [2.24, 2.45) is 11.8 Å². The van der Waals surface area contributed by atoms with Gasteiger partial charge in [0.2, 0.25) is 0 Å². The van der Waals surface area contributed by atoms with Crippen molar-refractivity contribution in [1.82, 2.24) is 0 Å². The first kappa shape index (κ1) is 16.0. The summed E-state index contributed by atoms with van der Waals surface area (Å²) in [6.45, 7) is 15.1. The van der Waals surface area contributed by atoms with Crippen molar-refractivity contribution < 1.29 is 18.7 Å². The fourth-order valence-electron chi connectivity index (χ4n) is 2.55. The van der Waals surface area contributed by atoms with Gasteiger partial charge < -0.3 is 13.9 Å². The largest absolute Gasteiger partial charge is 0.459 e. The molecule has 2 aliphatic heterocycles. The third kappa shape index (κ3) is 2.80. The maximum Gasteiger partial charge on any atom is 0.311 e. The molecule has 0 saturated carbocycles. The van der Waals surface area contributed by atoms with Gasteiger partial charge in [0.05, 0.1) is 5.92 Å². The van der Waals surface area contributed by atoms with Crippen LogP contribution in [0.3, 0.4) is 0 Å². The van der Waals surface area contributed by atoms with Crippen LogP contribution in [0.4, 0.5) is 0 Å². The van der Waals surface area contributed by atoms with Crippen LogP contribution in [0.1, 0.15) is 41.0 Å². The molecule has 2 rings (SSSR count). The number of hydrogen-bond donors (Lipinski definition) is 0. The second kappa shape index (κ2) is 5.11. The molecular formula is C15H28O4Si. The number of carbonyl (C=O) groups excluding carboxylic acids is 1. The zero-order valence-corrected chi connectivity index (χ0v) is 14.7. The minimum Gasteiger partial charge on any atom is -0.459 e. The summed E-state index contributed by atoms with van der Waals surface area (Å²) in [5.41, 5.74) is 0. The summed E-state index contributed by atoms with van der Waals surface area (Å²) in [7, 11) is -1.87. The van der Waals surface area contributed by atoms with Gasteiger partial charge in [-0.15, -0.1) is 0 Å². The van der Waals surface area contributed by atoms with E-state index in [2.05, 4.69) is 40.8 Å². The molecular weight excluding hydrogens is 272 g/mol. The minimum absolute atomic E-state index is 0.0910. The Kier molecular flexibility index (Phi) is 4.08. The van der Waals surface area contributed by atoms with Crippen molar-refractivity contribution in [3.05, 3.63) is 0 Å². The topological polar surface area (TPSA) is 44.8 Å². The molecule has 5 atom stereocenters. The fourth-order valence-corrected chi connectivity index (χ4v) is 3.77. The van der Waals surface area contributed by atoms with Crippen molar-refractivity contribution in [2.75, 3.05) is 0 Å². The molecule has 0 aromatic carbocycles. The number of fused-ring (bicyclic) bond motifs is 1. The van der Waals surface area contributed by atoms with Gasteiger partial charge in [0, 0.05) is 5.92 Å². The van der Waals surface area contributed by atoms with Gasteiger partial charge in [-0.25, -0.2) is 0 Å². The van der Waals surface area contributed by atoms with E-state index < -0.39 is 8.32 Å². The van der Waals surface area contributed by atoms with Crippen LogP contribution in [0.5, 0.6) is 0 Å². The predicted octanol–water partition coefficient (Wildman–Crippen LogP) is 3.32. The van der Waals surface area contributed by atoms with Gasteiger partial charge in [0.1, 0.15) is 12.2 Å². The van der Waals surface area contributed by atoms with E-state index >= 15 is 0 Å². The first-order valence-electron chi connectivity index (χ1n) is 7.57. The minimum atomic E-state index is -1.87. The van der Waals surface area contributed by atoms with Gasteiger partial charge in [-0.3, -0.25) is 4.79 Å². The molecule has 0 bridgehead atoms. The Hall–Kier alpha value is -0.393. The molecule has 1 unspecified atom stereocenters. The summed E-state index contributed by atoms with van der Waals surface area (Å²) in [5.74, 6) is -0.0679. The van der Waals surface area contributed by atoms with Crippen LogP contribution in [-0.2, 0) is 18.7 Å². The van der Waals surface area contributed by atoms with E-state index in [1.54, 1.807) is 0 Å². The summed E-state index contributed by atoms with van der Waals surface area (Å²) in [5, 5.41) is 0.153. The van der Waals surface area contributed by atoms with Crippen LogP contribution in [0, 0.1) is 11.8 Å². The number of carbonyl (C=O) groups is 1. The Balaban J connectivity index is 2.08. The predicted molar refractivity (Wildman–Crippen MR) is 79.8 cm³/mol. The third-order valence-corrected chi connectivity index (χ3v) is 9.51. The van der Waals surface area contributed by atoms with E-state index in [1.165, 1.54) is 0 Å².